The number of benzene rings is 2. The lowest BCUT2D eigenvalue weighted by Gasteiger charge is -2.29. The Morgan fingerprint density at radius 3 is 2.76 bits per heavy atom. The van der Waals surface area contributed by atoms with Gasteiger partial charge in [-0.05, 0) is 47.2 Å². The summed E-state index contributed by atoms with van der Waals surface area (Å²) in [6.07, 6.45) is 2.14. The smallest absolute Gasteiger partial charge is 0.0588 e. The van der Waals surface area contributed by atoms with Gasteiger partial charge in [-0.2, -0.15) is 0 Å². The minimum absolute atomic E-state index is 0.150. The molecule has 1 aliphatic carbocycles. The van der Waals surface area contributed by atoms with Gasteiger partial charge < -0.3 is 5.73 Å². The Hall–Kier alpha value is -1.05. The third kappa shape index (κ3) is 1.74. The Morgan fingerprint density at radius 1 is 1.12 bits per heavy atom. The van der Waals surface area contributed by atoms with Crippen LogP contribution in [0.5, 0.6) is 0 Å². The van der Waals surface area contributed by atoms with Crippen molar-refractivity contribution in [3.05, 3.63) is 47.5 Å². The maximum absolute atomic E-state index is 6.43. The van der Waals surface area contributed by atoms with E-state index in [1.807, 2.05) is 0 Å². The van der Waals surface area contributed by atoms with Crippen molar-refractivity contribution in [2.45, 2.75) is 24.1 Å². The molecule has 0 saturated heterocycles. The molecule has 0 aliphatic heterocycles. The summed E-state index contributed by atoms with van der Waals surface area (Å²) in [5, 5.41) is 2.76. The van der Waals surface area contributed by atoms with Crippen molar-refractivity contribution in [2.24, 2.45) is 5.73 Å². The van der Waals surface area contributed by atoms with Crippen molar-refractivity contribution in [1.29, 1.82) is 0 Å². The van der Waals surface area contributed by atoms with Gasteiger partial charge in [-0.3, -0.25) is 0 Å². The summed E-state index contributed by atoms with van der Waals surface area (Å²) in [7, 11) is 0. The summed E-state index contributed by atoms with van der Waals surface area (Å²) in [5.41, 5.74) is 8.58. The normalized spacial score (nSPS) is 23.6. The molecule has 2 aromatic carbocycles. The van der Waals surface area contributed by atoms with Crippen LogP contribution in [0.1, 0.15) is 35.3 Å². The quantitative estimate of drug-likeness (QED) is 0.757. The maximum atomic E-state index is 6.43. The van der Waals surface area contributed by atoms with Crippen LogP contribution in [-0.2, 0) is 0 Å². The van der Waals surface area contributed by atoms with E-state index in [9.17, 15) is 0 Å². The molecule has 0 bridgehead atoms. The minimum atomic E-state index is 0.150. The van der Waals surface area contributed by atoms with Crippen LogP contribution in [0.4, 0.5) is 0 Å². The van der Waals surface area contributed by atoms with Crippen molar-refractivity contribution in [3.8, 4) is 0 Å². The second kappa shape index (κ2) is 4.32. The maximum Gasteiger partial charge on any atom is 0.0588 e. The van der Waals surface area contributed by atoms with Crippen molar-refractivity contribution in [1.82, 2.24) is 0 Å². The predicted molar refractivity (Wildman–Crippen MR) is 73.6 cm³/mol. The molecule has 0 radical (unpaired) electrons. The van der Waals surface area contributed by atoms with Crippen LogP contribution in [0.3, 0.4) is 0 Å². The molecule has 0 heterocycles. The molecule has 0 fully saturated rings. The van der Waals surface area contributed by atoms with Crippen LogP contribution in [0, 0.1) is 0 Å². The number of halogens is 1. The molecule has 0 spiro atoms. The van der Waals surface area contributed by atoms with E-state index in [0.717, 1.165) is 12.8 Å². The number of alkyl halides is 1. The lowest BCUT2D eigenvalue weighted by atomic mass is 9.80. The van der Waals surface area contributed by atoms with Crippen LogP contribution in [0.25, 0.3) is 10.8 Å². The predicted octanol–water partition coefficient (Wildman–Crippen LogP) is 3.96. The molecule has 1 nitrogen and oxygen atoms in total. The zero-order valence-corrected chi connectivity index (χ0v) is 10.5. The highest BCUT2D eigenvalue weighted by atomic mass is 35.5. The van der Waals surface area contributed by atoms with E-state index in [4.69, 9.17) is 17.3 Å². The van der Waals surface area contributed by atoms with Gasteiger partial charge in [-0.25, -0.2) is 0 Å². The third-order valence-electron chi connectivity index (χ3n) is 3.80. The van der Waals surface area contributed by atoms with Gasteiger partial charge in [0, 0.05) is 0 Å². The molecule has 2 unspecified atom stereocenters. The summed E-state index contributed by atoms with van der Waals surface area (Å²) >= 11 is 6.43. The fourth-order valence-corrected chi connectivity index (χ4v) is 3.24. The fraction of sp³-hybridized carbons (Fsp3) is 0.333. The largest absolute Gasteiger partial charge is 0.330 e. The molecule has 0 saturated carbocycles. The second-order valence-corrected chi connectivity index (χ2v) is 5.29. The van der Waals surface area contributed by atoms with Gasteiger partial charge in [0.15, 0.2) is 0 Å². The Balaban J connectivity index is 2.31. The summed E-state index contributed by atoms with van der Waals surface area (Å²) < 4.78 is 0. The molecule has 2 N–H and O–H groups in total. The van der Waals surface area contributed by atoms with Gasteiger partial charge in [0.1, 0.15) is 0 Å². The molecule has 2 aromatic rings. The zero-order valence-electron chi connectivity index (χ0n) is 9.70. The first-order valence-corrected chi connectivity index (χ1v) is 6.60. The summed E-state index contributed by atoms with van der Waals surface area (Å²) in [6.45, 7) is 0.713. The molecule has 1 aliphatic rings. The summed E-state index contributed by atoms with van der Waals surface area (Å²) in [4.78, 5) is 0. The van der Waals surface area contributed by atoms with Gasteiger partial charge >= 0.3 is 0 Å². The van der Waals surface area contributed by atoms with E-state index in [2.05, 4.69) is 36.4 Å². The van der Waals surface area contributed by atoms with Crippen LogP contribution >= 0.6 is 11.6 Å². The monoisotopic (exact) mass is 245 g/mol. The third-order valence-corrected chi connectivity index (χ3v) is 4.26. The Labute approximate surface area is 107 Å². The van der Waals surface area contributed by atoms with E-state index < -0.39 is 0 Å². The number of nitrogens with two attached hydrogens (primary N) is 1. The minimum Gasteiger partial charge on any atom is -0.330 e. The highest BCUT2D eigenvalue weighted by Gasteiger charge is 2.26. The summed E-state index contributed by atoms with van der Waals surface area (Å²) in [5.74, 6) is 0.464. The first kappa shape index (κ1) is 11.1. The SMILES string of the molecule is NCC1CCC(Cl)c2ccc3ccccc3c21. The van der Waals surface area contributed by atoms with Crippen LogP contribution in [0.15, 0.2) is 36.4 Å². The number of fused-ring (bicyclic) bond motifs is 3. The molecule has 88 valence electrons. The van der Waals surface area contributed by atoms with Crippen LogP contribution in [-0.4, -0.2) is 6.54 Å². The first-order chi connectivity index (χ1) is 8.31. The van der Waals surface area contributed by atoms with E-state index in [1.165, 1.54) is 21.9 Å². The van der Waals surface area contributed by atoms with E-state index in [1.54, 1.807) is 0 Å². The standard InChI is InChI=1S/C15H16ClN/c16-14-8-6-11(9-17)15-12-4-2-1-3-10(12)5-7-13(14)15/h1-5,7,11,14H,6,8-9,17H2. The topological polar surface area (TPSA) is 26.0 Å². The van der Waals surface area contributed by atoms with Crippen molar-refractivity contribution >= 4 is 22.4 Å². The molecule has 0 amide bonds. The molecule has 2 heteroatoms. The second-order valence-electron chi connectivity index (χ2n) is 4.77. The van der Waals surface area contributed by atoms with Gasteiger partial charge in [0.2, 0.25) is 0 Å². The molecule has 0 aromatic heterocycles. The van der Waals surface area contributed by atoms with Crippen LogP contribution in [0.2, 0.25) is 0 Å². The number of rotatable bonds is 1. The van der Waals surface area contributed by atoms with Gasteiger partial charge in [0.25, 0.3) is 0 Å². The lowest BCUT2D eigenvalue weighted by Crippen LogP contribution is -2.19. The molecule has 2 atom stereocenters. The Morgan fingerprint density at radius 2 is 1.94 bits per heavy atom. The van der Waals surface area contributed by atoms with E-state index in [-0.39, 0.29) is 5.38 Å². The van der Waals surface area contributed by atoms with Gasteiger partial charge in [-0.15, -0.1) is 11.6 Å². The van der Waals surface area contributed by atoms with E-state index >= 15 is 0 Å². The summed E-state index contributed by atoms with van der Waals surface area (Å²) in [6, 6.07) is 12.9. The number of hydrogen-bond acceptors (Lipinski definition) is 1. The average Bonchev–Trinajstić information content (AvgIpc) is 2.39. The Bertz CT molecular complexity index is 550. The average molecular weight is 246 g/mol. The first-order valence-electron chi connectivity index (χ1n) is 6.17. The number of hydrogen-bond donors (Lipinski definition) is 1. The van der Waals surface area contributed by atoms with Crippen molar-refractivity contribution < 1.29 is 0 Å². The van der Waals surface area contributed by atoms with Gasteiger partial charge in [0.05, 0.1) is 5.38 Å². The van der Waals surface area contributed by atoms with Crippen LogP contribution < -0.4 is 5.73 Å². The highest BCUT2D eigenvalue weighted by Crippen LogP contribution is 2.43. The molecule has 17 heavy (non-hydrogen) atoms. The molecular weight excluding hydrogens is 230 g/mol. The van der Waals surface area contributed by atoms with Crippen molar-refractivity contribution in [3.63, 3.8) is 0 Å². The van der Waals surface area contributed by atoms with Gasteiger partial charge in [-0.1, -0.05) is 36.4 Å². The zero-order chi connectivity index (χ0) is 11.8. The van der Waals surface area contributed by atoms with E-state index in [0.29, 0.717) is 12.5 Å². The molecular formula is C15H16ClN. The fourth-order valence-electron chi connectivity index (χ4n) is 2.92. The highest BCUT2D eigenvalue weighted by molar-refractivity contribution is 6.21. The molecule has 3 rings (SSSR count). The lowest BCUT2D eigenvalue weighted by molar-refractivity contribution is 0.555. The van der Waals surface area contributed by atoms with Crippen molar-refractivity contribution in [2.75, 3.05) is 6.54 Å². The Kier molecular flexibility index (Phi) is 2.81.